The van der Waals surface area contributed by atoms with Crippen LogP contribution in [-0.2, 0) is 9.59 Å². The molecule has 3 saturated heterocycles. The number of nitrogens with one attached hydrogen (secondary N) is 1. The van der Waals surface area contributed by atoms with Gasteiger partial charge in [-0.1, -0.05) is 0 Å². The summed E-state index contributed by atoms with van der Waals surface area (Å²) in [6.07, 6.45) is 5.64. The summed E-state index contributed by atoms with van der Waals surface area (Å²) < 4.78 is 0. The monoisotopic (exact) mass is 263 g/mol. The van der Waals surface area contributed by atoms with E-state index in [-0.39, 0.29) is 30.4 Å². The van der Waals surface area contributed by atoms with Crippen molar-refractivity contribution in [1.29, 1.82) is 0 Å². The summed E-state index contributed by atoms with van der Waals surface area (Å²) in [4.78, 5) is 28.9. The predicted octanol–water partition coefficient (Wildman–Crippen LogP) is -0.0399. The molecule has 0 bridgehead atoms. The van der Waals surface area contributed by atoms with Crippen LogP contribution in [0.4, 0.5) is 0 Å². The van der Waals surface area contributed by atoms with Crippen LogP contribution in [0.15, 0.2) is 0 Å². The number of piperazine rings is 1. The second-order valence-electron chi connectivity index (χ2n) is 6.45. The summed E-state index contributed by atoms with van der Waals surface area (Å²) >= 11 is 0. The SMILES string of the molecule is O=C1CN(C2CCN3CCCC23)C(=O)C(C2CC2)N1. The van der Waals surface area contributed by atoms with Crippen LogP contribution in [0.3, 0.4) is 0 Å². The summed E-state index contributed by atoms with van der Waals surface area (Å²) in [6.45, 7) is 2.54. The van der Waals surface area contributed by atoms with Crippen molar-refractivity contribution in [3.63, 3.8) is 0 Å². The lowest BCUT2D eigenvalue weighted by molar-refractivity contribution is -0.147. The molecule has 0 aromatic rings. The highest BCUT2D eigenvalue weighted by molar-refractivity contribution is 5.95. The Labute approximate surface area is 113 Å². The summed E-state index contributed by atoms with van der Waals surface area (Å²) in [5, 5.41) is 2.90. The second kappa shape index (κ2) is 4.20. The first kappa shape index (κ1) is 11.7. The van der Waals surface area contributed by atoms with Crippen molar-refractivity contribution in [2.45, 2.75) is 50.2 Å². The zero-order valence-electron chi connectivity index (χ0n) is 11.2. The van der Waals surface area contributed by atoms with Gasteiger partial charge in [0.25, 0.3) is 0 Å². The van der Waals surface area contributed by atoms with Crippen LogP contribution in [-0.4, -0.2) is 59.4 Å². The van der Waals surface area contributed by atoms with Crippen molar-refractivity contribution in [1.82, 2.24) is 15.1 Å². The summed E-state index contributed by atoms with van der Waals surface area (Å²) in [7, 11) is 0. The number of hydrogen-bond donors (Lipinski definition) is 1. The Hall–Kier alpha value is -1.10. The van der Waals surface area contributed by atoms with E-state index in [9.17, 15) is 9.59 Å². The Balaban J connectivity index is 1.55. The molecule has 0 aromatic carbocycles. The fourth-order valence-electron chi connectivity index (χ4n) is 4.14. The van der Waals surface area contributed by atoms with E-state index in [0.717, 1.165) is 25.8 Å². The van der Waals surface area contributed by atoms with Crippen molar-refractivity contribution >= 4 is 11.8 Å². The Kier molecular flexibility index (Phi) is 2.59. The van der Waals surface area contributed by atoms with Gasteiger partial charge >= 0.3 is 0 Å². The van der Waals surface area contributed by atoms with Gasteiger partial charge in [0.1, 0.15) is 6.04 Å². The lowest BCUT2D eigenvalue weighted by atomic mass is 10.0. The molecule has 3 aliphatic heterocycles. The van der Waals surface area contributed by atoms with Crippen LogP contribution >= 0.6 is 0 Å². The van der Waals surface area contributed by atoms with Crippen molar-refractivity contribution in [3.05, 3.63) is 0 Å². The molecule has 5 nitrogen and oxygen atoms in total. The summed E-state index contributed by atoms with van der Waals surface area (Å²) in [6, 6.07) is 0.564. The fourth-order valence-corrected chi connectivity index (χ4v) is 4.14. The lowest BCUT2D eigenvalue weighted by Crippen LogP contribution is -2.62. The quantitative estimate of drug-likeness (QED) is 0.760. The minimum atomic E-state index is -0.225. The van der Waals surface area contributed by atoms with E-state index >= 15 is 0 Å². The Morgan fingerprint density at radius 3 is 2.63 bits per heavy atom. The average molecular weight is 263 g/mol. The van der Waals surface area contributed by atoms with Crippen LogP contribution in [0, 0.1) is 5.92 Å². The van der Waals surface area contributed by atoms with Gasteiger partial charge in [-0.2, -0.15) is 0 Å². The third-order valence-corrected chi connectivity index (χ3v) is 5.24. The highest BCUT2D eigenvalue weighted by atomic mass is 16.2. The molecule has 0 radical (unpaired) electrons. The summed E-state index contributed by atoms with van der Waals surface area (Å²) in [5.74, 6) is 0.620. The number of rotatable bonds is 2. The van der Waals surface area contributed by atoms with Gasteiger partial charge in [-0.25, -0.2) is 0 Å². The topological polar surface area (TPSA) is 52.7 Å². The van der Waals surface area contributed by atoms with E-state index in [4.69, 9.17) is 0 Å². The molecule has 1 saturated carbocycles. The molecule has 2 amide bonds. The normalized spacial score (nSPS) is 39.6. The third kappa shape index (κ3) is 1.86. The molecule has 4 aliphatic rings. The van der Waals surface area contributed by atoms with Crippen LogP contribution in [0.25, 0.3) is 0 Å². The van der Waals surface area contributed by atoms with E-state index in [2.05, 4.69) is 10.2 Å². The van der Waals surface area contributed by atoms with Crippen LogP contribution in [0.1, 0.15) is 32.1 Å². The minimum Gasteiger partial charge on any atom is -0.342 e. The van der Waals surface area contributed by atoms with Gasteiger partial charge in [0, 0.05) is 18.6 Å². The van der Waals surface area contributed by atoms with Crippen molar-refractivity contribution in [3.8, 4) is 0 Å². The second-order valence-corrected chi connectivity index (χ2v) is 6.45. The van der Waals surface area contributed by atoms with Crippen LogP contribution in [0.2, 0.25) is 0 Å². The maximum Gasteiger partial charge on any atom is 0.246 e. The minimum absolute atomic E-state index is 0.0351. The fraction of sp³-hybridized carbons (Fsp3) is 0.857. The Morgan fingerprint density at radius 2 is 1.84 bits per heavy atom. The maximum atomic E-state index is 12.6. The van der Waals surface area contributed by atoms with Gasteiger partial charge in [0.2, 0.25) is 11.8 Å². The number of fused-ring (bicyclic) bond motifs is 1. The molecule has 3 heterocycles. The van der Waals surface area contributed by atoms with Gasteiger partial charge in [-0.05, 0) is 44.6 Å². The third-order valence-electron chi connectivity index (χ3n) is 5.24. The molecule has 1 N–H and O–H groups in total. The Morgan fingerprint density at radius 1 is 1.00 bits per heavy atom. The Bertz CT molecular complexity index is 421. The molecular formula is C14H21N3O2. The molecule has 0 spiro atoms. The molecule has 3 unspecified atom stereocenters. The van der Waals surface area contributed by atoms with Crippen molar-refractivity contribution in [2.24, 2.45) is 5.92 Å². The largest absolute Gasteiger partial charge is 0.342 e. The lowest BCUT2D eigenvalue weighted by Gasteiger charge is -2.38. The zero-order chi connectivity index (χ0) is 13.0. The predicted molar refractivity (Wildman–Crippen MR) is 69.4 cm³/mol. The van der Waals surface area contributed by atoms with Gasteiger partial charge in [0.15, 0.2) is 0 Å². The van der Waals surface area contributed by atoms with Crippen LogP contribution < -0.4 is 5.32 Å². The molecule has 1 aliphatic carbocycles. The molecule has 5 heteroatoms. The molecule has 104 valence electrons. The van der Waals surface area contributed by atoms with E-state index < -0.39 is 0 Å². The molecule has 4 fully saturated rings. The van der Waals surface area contributed by atoms with E-state index in [1.165, 1.54) is 19.4 Å². The molecule has 4 rings (SSSR count). The highest BCUT2D eigenvalue weighted by Gasteiger charge is 2.48. The first-order valence-corrected chi connectivity index (χ1v) is 7.58. The van der Waals surface area contributed by atoms with Crippen LogP contribution in [0.5, 0.6) is 0 Å². The molecule has 0 aromatic heterocycles. The van der Waals surface area contributed by atoms with Gasteiger partial charge < -0.3 is 10.2 Å². The van der Waals surface area contributed by atoms with Crippen molar-refractivity contribution < 1.29 is 9.59 Å². The number of hydrogen-bond acceptors (Lipinski definition) is 3. The number of nitrogens with zero attached hydrogens (tertiary/aromatic N) is 2. The number of carbonyl (C=O) groups is 2. The standard InChI is InChI=1S/C14H21N3O2/c18-12-8-17(14(19)13(15-12)9-3-4-9)11-5-7-16-6-1-2-10(11)16/h9-11,13H,1-8H2,(H,15,18). The average Bonchev–Trinajstić information content (AvgIpc) is 2.98. The van der Waals surface area contributed by atoms with Crippen molar-refractivity contribution in [2.75, 3.05) is 19.6 Å². The molecular weight excluding hydrogens is 242 g/mol. The van der Waals surface area contributed by atoms with Gasteiger partial charge in [0.05, 0.1) is 6.54 Å². The van der Waals surface area contributed by atoms with E-state index in [0.29, 0.717) is 12.0 Å². The highest BCUT2D eigenvalue weighted by Crippen LogP contribution is 2.37. The zero-order valence-corrected chi connectivity index (χ0v) is 11.2. The molecule has 19 heavy (non-hydrogen) atoms. The van der Waals surface area contributed by atoms with Gasteiger partial charge in [-0.3, -0.25) is 14.5 Å². The smallest absolute Gasteiger partial charge is 0.246 e. The summed E-state index contributed by atoms with van der Waals surface area (Å²) in [5.41, 5.74) is 0. The van der Waals surface area contributed by atoms with E-state index in [1.54, 1.807) is 0 Å². The first-order chi connectivity index (χ1) is 9.24. The maximum absolute atomic E-state index is 12.6. The first-order valence-electron chi connectivity index (χ1n) is 7.58. The molecule has 3 atom stereocenters. The number of carbonyl (C=O) groups excluding carboxylic acids is 2. The van der Waals surface area contributed by atoms with E-state index in [1.807, 2.05) is 4.90 Å². The van der Waals surface area contributed by atoms with Gasteiger partial charge in [-0.15, -0.1) is 0 Å². The number of amides is 2.